The van der Waals surface area contributed by atoms with Crippen LogP contribution in [-0.2, 0) is 16.3 Å². The zero-order valence-electron chi connectivity index (χ0n) is 13.9. The molecule has 1 unspecified atom stereocenters. The molecule has 0 saturated carbocycles. The van der Waals surface area contributed by atoms with Crippen LogP contribution >= 0.6 is 12.4 Å². The van der Waals surface area contributed by atoms with Crippen LogP contribution in [0, 0.1) is 5.41 Å². The van der Waals surface area contributed by atoms with Crippen LogP contribution in [0.2, 0.25) is 0 Å². The van der Waals surface area contributed by atoms with Crippen LogP contribution in [0.5, 0.6) is 5.75 Å². The summed E-state index contributed by atoms with van der Waals surface area (Å²) in [4.78, 5) is 13.8. The first-order valence-electron chi connectivity index (χ1n) is 7.49. The highest BCUT2D eigenvalue weighted by Gasteiger charge is 2.33. The Morgan fingerprint density at radius 2 is 1.88 bits per heavy atom. The third kappa shape index (κ3) is 3.81. The van der Waals surface area contributed by atoms with Gasteiger partial charge in [0.1, 0.15) is 10.6 Å². The van der Waals surface area contributed by atoms with Gasteiger partial charge in [-0.25, -0.2) is 13.3 Å². The Labute approximate surface area is 157 Å². The lowest BCUT2D eigenvalue weighted by Crippen LogP contribution is -2.51. The highest BCUT2D eigenvalue weighted by molar-refractivity contribution is 7.90. The van der Waals surface area contributed by atoms with Gasteiger partial charge in [0.05, 0.1) is 0 Å². The largest absolute Gasteiger partial charge is 0.468 e. The summed E-state index contributed by atoms with van der Waals surface area (Å²) in [5, 5.41) is 7.79. The fourth-order valence-corrected chi connectivity index (χ4v) is 3.56. The van der Waals surface area contributed by atoms with Gasteiger partial charge in [-0.15, -0.1) is 12.4 Å². The van der Waals surface area contributed by atoms with Crippen LogP contribution in [-0.4, -0.2) is 37.7 Å². The van der Waals surface area contributed by atoms with Gasteiger partial charge in [-0.2, -0.15) is 0 Å². The molecule has 7 nitrogen and oxygen atoms in total. The number of guanidine groups is 1. The summed E-state index contributed by atoms with van der Waals surface area (Å²) in [6.07, 6.45) is 0.412. The number of nitrogens with two attached hydrogens (primary N) is 1. The first-order valence-corrected chi connectivity index (χ1v) is 9.39. The molecule has 1 amide bonds. The van der Waals surface area contributed by atoms with Crippen LogP contribution in [0.15, 0.2) is 53.4 Å². The Hall–Kier alpha value is -2.58. The normalized spacial score (nSPS) is 15.3. The fourth-order valence-electron chi connectivity index (χ4n) is 2.72. The van der Waals surface area contributed by atoms with E-state index in [1.54, 1.807) is 42.5 Å². The van der Waals surface area contributed by atoms with Crippen molar-refractivity contribution in [2.75, 3.05) is 6.26 Å². The number of rotatable bonds is 3. The number of halogens is 1. The summed E-state index contributed by atoms with van der Waals surface area (Å²) in [5.74, 6) is -0.815. The maximum absolute atomic E-state index is 12.8. The summed E-state index contributed by atoms with van der Waals surface area (Å²) in [5.41, 5.74) is 6.66. The molecule has 3 N–H and O–H groups in total. The highest BCUT2D eigenvalue weighted by Crippen LogP contribution is 2.31. The summed E-state index contributed by atoms with van der Waals surface area (Å²) in [6, 6.07) is 13.2. The van der Waals surface area contributed by atoms with Crippen molar-refractivity contribution in [1.29, 1.82) is 5.41 Å². The van der Waals surface area contributed by atoms with Gasteiger partial charge in [-0.3, -0.25) is 10.2 Å². The molecule has 1 atom stereocenters. The predicted octanol–water partition coefficient (Wildman–Crippen LogP) is 1.81. The van der Waals surface area contributed by atoms with E-state index < -0.39 is 27.9 Å². The van der Waals surface area contributed by atoms with Crippen molar-refractivity contribution in [3.05, 3.63) is 59.7 Å². The Morgan fingerprint density at radius 3 is 2.46 bits per heavy atom. The van der Waals surface area contributed by atoms with Gasteiger partial charge in [0.25, 0.3) is 5.91 Å². The van der Waals surface area contributed by atoms with Crippen LogP contribution in [0.3, 0.4) is 0 Å². The van der Waals surface area contributed by atoms with E-state index in [1.807, 2.05) is 0 Å². The van der Waals surface area contributed by atoms with Gasteiger partial charge in [0, 0.05) is 18.2 Å². The van der Waals surface area contributed by atoms with E-state index in [1.165, 1.54) is 6.07 Å². The van der Waals surface area contributed by atoms with Crippen molar-refractivity contribution in [3.8, 4) is 5.75 Å². The first kappa shape index (κ1) is 19.7. The zero-order valence-corrected chi connectivity index (χ0v) is 15.5. The van der Waals surface area contributed by atoms with Crippen molar-refractivity contribution in [2.24, 2.45) is 5.73 Å². The smallest absolute Gasteiger partial charge is 0.263 e. The lowest BCUT2D eigenvalue weighted by Gasteiger charge is -2.29. The summed E-state index contributed by atoms with van der Waals surface area (Å²) in [6.45, 7) is 0. The molecule has 9 heteroatoms. The topological polar surface area (TPSA) is 114 Å². The third-order valence-corrected chi connectivity index (χ3v) is 4.99. The van der Waals surface area contributed by atoms with Crippen molar-refractivity contribution in [1.82, 2.24) is 4.90 Å². The number of nitrogens with zero attached hydrogens (tertiary/aromatic N) is 1. The van der Waals surface area contributed by atoms with Gasteiger partial charge < -0.3 is 10.5 Å². The van der Waals surface area contributed by atoms with Crippen molar-refractivity contribution < 1.29 is 17.9 Å². The quantitative estimate of drug-likeness (QED) is 0.607. The van der Waals surface area contributed by atoms with E-state index in [0.29, 0.717) is 11.1 Å². The molecule has 0 radical (unpaired) electrons. The predicted molar refractivity (Wildman–Crippen MR) is 99.4 cm³/mol. The molecule has 0 fully saturated rings. The number of fused-ring (bicyclic) bond motifs is 4. The second-order valence-electron chi connectivity index (χ2n) is 5.76. The summed E-state index contributed by atoms with van der Waals surface area (Å²) < 4.78 is 29.6. The van der Waals surface area contributed by atoms with E-state index in [0.717, 1.165) is 11.2 Å². The molecule has 0 saturated heterocycles. The van der Waals surface area contributed by atoms with E-state index in [4.69, 9.17) is 15.9 Å². The molecule has 2 bridgehead atoms. The SMILES string of the molecule is CS(=O)(=O)c1cc2ccc1OC(N(C(=N)N)C(=O)c1ccccc1)C2.Cl. The zero-order chi connectivity index (χ0) is 18.2. The molecule has 4 rings (SSSR count). The number of ether oxygens (including phenoxy) is 1. The molecule has 26 heavy (non-hydrogen) atoms. The van der Waals surface area contributed by atoms with Gasteiger partial charge in [0.2, 0.25) is 0 Å². The monoisotopic (exact) mass is 395 g/mol. The second kappa shape index (κ2) is 7.35. The molecule has 138 valence electrons. The third-order valence-electron chi connectivity index (χ3n) is 3.87. The van der Waals surface area contributed by atoms with Crippen LogP contribution < -0.4 is 10.5 Å². The summed E-state index contributed by atoms with van der Waals surface area (Å²) in [7, 11) is -3.48. The number of carbonyl (C=O) groups excluding carboxylic acids is 1. The van der Waals surface area contributed by atoms with E-state index in [2.05, 4.69) is 0 Å². The molecule has 0 spiro atoms. The van der Waals surface area contributed by atoms with Gasteiger partial charge in [-0.05, 0) is 29.8 Å². The number of carbonyl (C=O) groups is 1. The number of sulfone groups is 1. The van der Waals surface area contributed by atoms with E-state index in [9.17, 15) is 13.2 Å². The Bertz CT molecular complexity index is 948. The number of hydrogen-bond acceptors (Lipinski definition) is 5. The minimum Gasteiger partial charge on any atom is -0.468 e. The molecule has 0 aliphatic carbocycles. The minimum absolute atomic E-state index is 0. The van der Waals surface area contributed by atoms with Crippen molar-refractivity contribution in [3.63, 3.8) is 0 Å². The van der Waals surface area contributed by atoms with Crippen LogP contribution in [0.1, 0.15) is 15.9 Å². The minimum atomic E-state index is -3.48. The highest BCUT2D eigenvalue weighted by atomic mass is 35.5. The molecular formula is C17H18ClN3O4S. The van der Waals surface area contributed by atoms with E-state index in [-0.39, 0.29) is 29.5 Å². The molecule has 2 heterocycles. The lowest BCUT2D eigenvalue weighted by atomic mass is 10.1. The molecule has 0 aromatic heterocycles. The average Bonchev–Trinajstić information content (AvgIpc) is 2.86. The molecule has 2 aromatic carbocycles. The van der Waals surface area contributed by atoms with Crippen LogP contribution in [0.25, 0.3) is 0 Å². The molecule has 2 aromatic rings. The van der Waals surface area contributed by atoms with Crippen molar-refractivity contribution in [2.45, 2.75) is 17.5 Å². The average molecular weight is 396 g/mol. The molecule has 2 aliphatic heterocycles. The maximum Gasteiger partial charge on any atom is 0.263 e. The van der Waals surface area contributed by atoms with Gasteiger partial charge in [0.15, 0.2) is 22.0 Å². The van der Waals surface area contributed by atoms with Crippen LogP contribution in [0.4, 0.5) is 0 Å². The number of nitrogens with one attached hydrogen (secondary N) is 1. The molecule has 2 aliphatic rings. The Balaban J connectivity index is 0.00000243. The van der Waals surface area contributed by atoms with E-state index >= 15 is 0 Å². The summed E-state index contributed by atoms with van der Waals surface area (Å²) >= 11 is 0. The number of hydrogen-bond donors (Lipinski definition) is 2. The number of amides is 1. The number of benzene rings is 2. The Morgan fingerprint density at radius 1 is 1.23 bits per heavy atom. The van der Waals surface area contributed by atoms with Gasteiger partial charge >= 0.3 is 0 Å². The van der Waals surface area contributed by atoms with Gasteiger partial charge in [-0.1, -0.05) is 24.3 Å². The maximum atomic E-state index is 12.8. The first-order chi connectivity index (χ1) is 11.8. The fraction of sp³-hybridized carbons (Fsp3) is 0.176. The van der Waals surface area contributed by atoms with Crippen molar-refractivity contribution >= 4 is 34.1 Å². The lowest BCUT2D eigenvalue weighted by molar-refractivity contribution is 0.0491. The molecular weight excluding hydrogens is 378 g/mol. The standard InChI is InChI=1S/C17H17N3O4S.ClH/c1-25(22,23)14-9-11-7-8-13(14)24-15(10-11)20(17(18)19)16(21)12-5-3-2-4-6-12;/h2-9,15H,10H2,1H3,(H3,18,19);1H. The Kier molecular flexibility index (Phi) is 5.58. The second-order valence-corrected chi connectivity index (χ2v) is 7.74.